The first-order valence-electron chi connectivity index (χ1n) is 11.2. The topological polar surface area (TPSA) is 62.8 Å². The van der Waals surface area contributed by atoms with Gasteiger partial charge in [-0.3, -0.25) is 4.90 Å². The fourth-order valence-corrected chi connectivity index (χ4v) is 5.71. The lowest BCUT2D eigenvalue weighted by molar-refractivity contribution is 0.0625. The Labute approximate surface area is 200 Å². The van der Waals surface area contributed by atoms with Crippen LogP contribution in [0.2, 0.25) is 0 Å². The van der Waals surface area contributed by atoms with Gasteiger partial charge in [0.15, 0.2) is 17.3 Å². The number of hydrogen-bond acceptors (Lipinski definition) is 7. The van der Waals surface area contributed by atoms with Crippen LogP contribution in [-0.2, 0) is 0 Å². The van der Waals surface area contributed by atoms with Crippen LogP contribution in [0, 0.1) is 17.7 Å². The fourth-order valence-electron chi connectivity index (χ4n) is 5.34. The van der Waals surface area contributed by atoms with E-state index in [1.165, 1.54) is 19.4 Å². The predicted octanol–water partition coefficient (Wildman–Crippen LogP) is 3.91. The van der Waals surface area contributed by atoms with Crippen molar-refractivity contribution in [2.24, 2.45) is 11.8 Å². The highest BCUT2D eigenvalue weighted by atomic mass is 79.9. The van der Waals surface area contributed by atoms with E-state index in [0.29, 0.717) is 39.6 Å². The van der Waals surface area contributed by atoms with E-state index in [1.54, 1.807) is 18.2 Å². The van der Waals surface area contributed by atoms with Gasteiger partial charge in [0.1, 0.15) is 24.9 Å². The Bertz CT molecular complexity index is 1200. The third-order valence-electron chi connectivity index (χ3n) is 6.83. The maximum atomic E-state index is 14.5. The van der Waals surface area contributed by atoms with Crippen LogP contribution in [0.25, 0.3) is 10.9 Å². The molecule has 1 N–H and O–H groups in total. The zero-order chi connectivity index (χ0) is 22.5. The molecular formula is C24H25BrFN5O2. The fraction of sp³-hybridized carbons (Fsp3) is 0.417. The van der Waals surface area contributed by atoms with Crippen molar-refractivity contribution in [3.8, 4) is 11.5 Å². The number of benzene rings is 2. The van der Waals surface area contributed by atoms with E-state index in [9.17, 15) is 4.39 Å². The molecule has 0 bridgehead atoms. The summed E-state index contributed by atoms with van der Waals surface area (Å²) < 4.78 is 27.3. The Morgan fingerprint density at radius 1 is 1.12 bits per heavy atom. The van der Waals surface area contributed by atoms with E-state index in [4.69, 9.17) is 9.47 Å². The molecule has 7 nitrogen and oxygen atoms in total. The maximum Gasteiger partial charge on any atom is 0.163 e. The van der Waals surface area contributed by atoms with Gasteiger partial charge in [0.25, 0.3) is 0 Å². The van der Waals surface area contributed by atoms with E-state index in [-0.39, 0.29) is 11.9 Å². The normalized spacial score (nSPS) is 24.9. The third-order valence-corrected chi connectivity index (χ3v) is 7.44. The second-order valence-corrected chi connectivity index (χ2v) is 10.1. The highest BCUT2D eigenvalue weighted by Crippen LogP contribution is 2.38. The van der Waals surface area contributed by atoms with Crippen molar-refractivity contribution in [1.82, 2.24) is 19.8 Å². The smallest absolute Gasteiger partial charge is 0.163 e. The molecule has 3 unspecified atom stereocenters. The summed E-state index contributed by atoms with van der Waals surface area (Å²) in [7, 11) is 2.21. The van der Waals surface area contributed by atoms with E-state index in [0.717, 1.165) is 36.9 Å². The van der Waals surface area contributed by atoms with Crippen molar-refractivity contribution in [2.75, 3.05) is 51.7 Å². The Morgan fingerprint density at radius 2 is 1.94 bits per heavy atom. The van der Waals surface area contributed by atoms with Crippen molar-refractivity contribution in [2.45, 2.75) is 6.10 Å². The van der Waals surface area contributed by atoms with Gasteiger partial charge in [-0.25, -0.2) is 14.4 Å². The molecule has 0 amide bonds. The minimum Gasteiger partial charge on any atom is -0.486 e. The van der Waals surface area contributed by atoms with Crippen molar-refractivity contribution < 1.29 is 13.9 Å². The summed E-state index contributed by atoms with van der Waals surface area (Å²) >= 11 is 3.23. The molecule has 6 rings (SSSR count). The van der Waals surface area contributed by atoms with Crippen molar-refractivity contribution in [3.63, 3.8) is 0 Å². The van der Waals surface area contributed by atoms with E-state index in [2.05, 4.69) is 48.1 Å². The molecule has 0 aliphatic carbocycles. The zero-order valence-electron chi connectivity index (χ0n) is 18.3. The van der Waals surface area contributed by atoms with Crippen molar-refractivity contribution in [1.29, 1.82) is 0 Å². The van der Waals surface area contributed by atoms with Crippen LogP contribution < -0.4 is 14.8 Å². The monoisotopic (exact) mass is 513 g/mol. The van der Waals surface area contributed by atoms with Crippen LogP contribution in [-0.4, -0.2) is 72.3 Å². The van der Waals surface area contributed by atoms with Crippen LogP contribution in [0.4, 0.5) is 15.9 Å². The van der Waals surface area contributed by atoms with E-state index < -0.39 is 0 Å². The first-order valence-corrected chi connectivity index (χ1v) is 12.0. The molecular weight excluding hydrogens is 489 g/mol. The molecule has 3 aliphatic heterocycles. The number of rotatable bonds is 4. The predicted molar refractivity (Wildman–Crippen MR) is 128 cm³/mol. The van der Waals surface area contributed by atoms with Crippen LogP contribution >= 0.6 is 15.9 Å². The molecule has 0 saturated carbocycles. The van der Waals surface area contributed by atoms with E-state index in [1.807, 2.05) is 12.1 Å². The number of nitrogens with zero attached hydrogens (tertiary/aromatic N) is 4. The van der Waals surface area contributed by atoms with Crippen molar-refractivity contribution >= 4 is 38.3 Å². The quantitative estimate of drug-likeness (QED) is 0.567. The van der Waals surface area contributed by atoms with Gasteiger partial charge in [-0.2, -0.15) is 0 Å². The van der Waals surface area contributed by atoms with Gasteiger partial charge in [0.05, 0.1) is 15.7 Å². The summed E-state index contributed by atoms with van der Waals surface area (Å²) in [5.74, 6) is 3.02. The molecule has 1 aromatic heterocycles. The highest BCUT2D eigenvalue weighted by Gasteiger charge is 2.39. The van der Waals surface area contributed by atoms with Gasteiger partial charge in [0, 0.05) is 44.2 Å². The van der Waals surface area contributed by atoms with Gasteiger partial charge < -0.3 is 19.7 Å². The average molecular weight is 514 g/mol. The Hall–Kier alpha value is -2.49. The van der Waals surface area contributed by atoms with Gasteiger partial charge in [0.2, 0.25) is 0 Å². The molecule has 33 heavy (non-hydrogen) atoms. The summed E-state index contributed by atoms with van der Waals surface area (Å²) in [6, 6.07) is 8.86. The number of likely N-dealkylation sites (tertiary alicyclic amines) is 2. The number of nitrogens with one attached hydrogen (secondary N) is 1. The number of ether oxygens (including phenoxy) is 2. The first-order chi connectivity index (χ1) is 16.0. The Kier molecular flexibility index (Phi) is 5.35. The van der Waals surface area contributed by atoms with Gasteiger partial charge in [-0.15, -0.1) is 0 Å². The lowest BCUT2D eigenvalue weighted by Crippen LogP contribution is -2.41. The molecule has 172 valence electrons. The van der Waals surface area contributed by atoms with Crippen LogP contribution in [0.5, 0.6) is 11.5 Å². The second kappa shape index (κ2) is 8.38. The summed E-state index contributed by atoms with van der Waals surface area (Å²) in [6.07, 6.45) is 1.43. The lowest BCUT2D eigenvalue weighted by Gasteiger charge is -2.30. The summed E-state index contributed by atoms with van der Waals surface area (Å²) in [5.41, 5.74) is 1.04. The highest BCUT2D eigenvalue weighted by molar-refractivity contribution is 9.10. The van der Waals surface area contributed by atoms with Crippen LogP contribution in [0.1, 0.15) is 0 Å². The largest absolute Gasteiger partial charge is 0.486 e. The maximum absolute atomic E-state index is 14.5. The molecule has 3 aromatic rings. The van der Waals surface area contributed by atoms with Gasteiger partial charge in [-0.05, 0) is 53.0 Å². The van der Waals surface area contributed by atoms with E-state index >= 15 is 0 Å². The minimum atomic E-state index is -0.372. The third kappa shape index (κ3) is 4.02. The molecule has 2 saturated heterocycles. The van der Waals surface area contributed by atoms with Gasteiger partial charge >= 0.3 is 0 Å². The van der Waals surface area contributed by atoms with Crippen LogP contribution in [0.15, 0.2) is 41.1 Å². The molecule has 2 fully saturated rings. The SMILES string of the molecule is CN1CC2CN(CC3COc4cc5ncnc(Nc6cccc(Br)c6F)c5cc4O3)CC2C1. The van der Waals surface area contributed by atoms with Crippen molar-refractivity contribution in [3.05, 3.63) is 46.9 Å². The first kappa shape index (κ1) is 21.1. The molecule has 3 atom stereocenters. The Balaban J connectivity index is 1.22. The number of aromatic nitrogens is 2. The number of fused-ring (bicyclic) bond motifs is 3. The summed E-state index contributed by atoms with van der Waals surface area (Å²) in [5, 5.41) is 3.84. The molecule has 0 radical (unpaired) electrons. The summed E-state index contributed by atoms with van der Waals surface area (Å²) in [6.45, 7) is 6.00. The Morgan fingerprint density at radius 3 is 2.76 bits per heavy atom. The number of anilines is 2. The van der Waals surface area contributed by atoms with Crippen LogP contribution in [0.3, 0.4) is 0 Å². The lowest BCUT2D eigenvalue weighted by atomic mass is 10.0. The number of halogens is 2. The minimum absolute atomic E-state index is 0.0323. The molecule has 2 aromatic carbocycles. The standard InChI is InChI=1S/C24H25BrFN5O2/c1-30-7-14-9-31(10-15(14)8-30)11-16-12-32-21-6-20-17(5-22(21)33-16)24(28-13-27-20)29-19-4-2-3-18(25)23(19)26/h2-6,13-16H,7-12H2,1H3,(H,27,28,29). The average Bonchev–Trinajstić information content (AvgIpc) is 3.32. The molecule has 0 spiro atoms. The second-order valence-electron chi connectivity index (χ2n) is 9.28. The summed E-state index contributed by atoms with van der Waals surface area (Å²) in [4.78, 5) is 13.7. The van der Waals surface area contributed by atoms with Gasteiger partial charge in [-0.1, -0.05) is 6.07 Å². The molecule has 3 aliphatic rings. The molecule has 4 heterocycles. The zero-order valence-corrected chi connectivity index (χ0v) is 19.9. The number of hydrogen-bond donors (Lipinski definition) is 1. The molecule has 9 heteroatoms.